The molecule has 8 nitrogen and oxygen atoms in total. The standard InChI is InChI=1S/C27H24F2N6O2/c1-16(28)27(36)34-24-12-20-23(13-25(24)37-18-8-10-35(2)14-18)31-15-32-26(20)33-17-7-9-30-22(11-17)19-5-3-4-6-21(19)29/h3-7,9,11-13,15,18H,1,8,10,14H2,2H3,(H,34,36)(H,30,31,32,33)/t18-/m1/s1. The fourth-order valence-corrected chi connectivity index (χ4v) is 4.20. The molecule has 1 atom stereocenters. The number of fused-ring (bicyclic) bond motifs is 1. The lowest BCUT2D eigenvalue weighted by molar-refractivity contribution is -0.114. The zero-order chi connectivity index (χ0) is 25.9. The van der Waals surface area contributed by atoms with E-state index in [0.29, 0.717) is 39.4 Å². The van der Waals surface area contributed by atoms with E-state index in [1.54, 1.807) is 48.7 Å². The van der Waals surface area contributed by atoms with Gasteiger partial charge in [0.05, 0.1) is 16.9 Å². The van der Waals surface area contributed by atoms with E-state index in [9.17, 15) is 13.6 Å². The number of ether oxygens (including phenoxy) is 1. The molecule has 1 saturated heterocycles. The third-order valence-electron chi connectivity index (χ3n) is 6.05. The van der Waals surface area contributed by atoms with Crippen molar-refractivity contribution in [3.05, 3.63) is 79.3 Å². The second kappa shape index (κ2) is 10.3. The summed E-state index contributed by atoms with van der Waals surface area (Å²) in [5.41, 5.74) is 2.26. The average Bonchev–Trinajstić information content (AvgIpc) is 3.29. The Kier molecular flexibility index (Phi) is 6.74. The van der Waals surface area contributed by atoms with Gasteiger partial charge >= 0.3 is 0 Å². The van der Waals surface area contributed by atoms with Crippen molar-refractivity contribution in [3.63, 3.8) is 0 Å². The summed E-state index contributed by atoms with van der Waals surface area (Å²) in [6.07, 6.45) is 3.70. The van der Waals surface area contributed by atoms with Crippen molar-refractivity contribution in [1.29, 1.82) is 0 Å². The molecule has 10 heteroatoms. The lowest BCUT2D eigenvalue weighted by Crippen LogP contribution is -2.22. The highest BCUT2D eigenvalue weighted by atomic mass is 19.1. The minimum absolute atomic E-state index is 0.0836. The van der Waals surface area contributed by atoms with E-state index in [4.69, 9.17) is 4.74 Å². The van der Waals surface area contributed by atoms with Gasteiger partial charge in [0.15, 0.2) is 5.83 Å². The molecule has 1 aliphatic rings. The number of benzene rings is 2. The van der Waals surface area contributed by atoms with Crippen LogP contribution in [0.1, 0.15) is 6.42 Å². The van der Waals surface area contributed by atoms with Crippen molar-refractivity contribution in [2.24, 2.45) is 0 Å². The summed E-state index contributed by atoms with van der Waals surface area (Å²) in [5.74, 6) is -1.67. The Morgan fingerprint density at radius 3 is 2.76 bits per heavy atom. The first-order valence-corrected chi connectivity index (χ1v) is 11.6. The molecule has 0 spiro atoms. The number of amides is 1. The number of nitrogens with one attached hydrogen (secondary N) is 2. The van der Waals surface area contributed by atoms with Crippen LogP contribution >= 0.6 is 0 Å². The molecular formula is C27H24F2N6O2. The van der Waals surface area contributed by atoms with Gasteiger partial charge in [-0.1, -0.05) is 18.7 Å². The van der Waals surface area contributed by atoms with Gasteiger partial charge in [0.1, 0.15) is 29.8 Å². The van der Waals surface area contributed by atoms with E-state index < -0.39 is 11.7 Å². The van der Waals surface area contributed by atoms with Crippen molar-refractivity contribution in [3.8, 4) is 17.0 Å². The Balaban J connectivity index is 1.51. The number of aromatic nitrogens is 3. The Morgan fingerprint density at radius 2 is 2.00 bits per heavy atom. The largest absolute Gasteiger partial charge is 0.487 e. The van der Waals surface area contributed by atoms with Crippen LogP contribution in [0.4, 0.5) is 26.0 Å². The Hall–Kier alpha value is -4.44. The van der Waals surface area contributed by atoms with Crippen LogP contribution in [0.3, 0.4) is 0 Å². The molecule has 0 unspecified atom stereocenters. The van der Waals surface area contributed by atoms with Crippen molar-refractivity contribution >= 4 is 34.0 Å². The highest BCUT2D eigenvalue weighted by Crippen LogP contribution is 2.35. The molecule has 2 N–H and O–H groups in total. The summed E-state index contributed by atoms with van der Waals surface area (Å²) >= 11 is 0. The summed E-state index contributed by atoms with van der Waals surface area (Å²) in [6, 6.07) is 13.1. The number of anilines is 3. The predicted octanol–water partition coefficient (Wildman–Crippen LogP) is 5.08. The summed E-state index contributed by atoms with van der Waals surface area (Å²) in [4.78, 5) is 27.3. The van der Waals surface area contributed by atoms with Crippen LogP contribution in [-0.4, -0.2) is 52.0 Å². The van der Waals surface area contributed by atoms with E-state index in [-0.39, 0.29) is 17.6 Å². The molecule has 0 aliphatic carbocycles. The van der Waals surface area contributed by atoms with Crippen LogP contribution < -0.4 is 15.4 Å². The Morgan fingerprint density at radius 1 is 1.16 bits per heavy atom. The van der Waals surface area contributed by atoms with E-state index in [0.717, 1.165) is 19.5 Å². The first-order chi connectivity index (χ1) is 17.9. The number of hydrogen-bond donors (Lipinski definition) is 2. The minimum Gasteiger partial charge on any atom is -0.487 e. The normalized spacial score (nSPS) is 15.5. The number of likely N-dealkylation sites (N-methyl/N-ethyl adjacent to an activating group) is 1. The number of hydrogen-bond acceptors (Lipinski definition) is 7. The van der Waals surface area contributed by atoms with Crippen LogP contribution in [0, 0.1) is 5.82 Å². The van der Waals surface area contributed by atoms with Crippen LogP contribution in [0.15, 0.2) is 73.5 Å². The molecule has 3 heterocycles. The molecule has 2 aromatic carbocycles. The third kappa shape index (κ3) is 5.39. The van der Waals surface area contributed by atoms with Gasteiger partial charge in [-0.3, -0.25) is 9.78 Å². The smallest absolute Gasteiger partial charge is 0.283 e. The number of pyridine rings is 1. The molecule has 0 saturated carbocycles. The number of carbonyl (C=O) groups excluding carboxylic acids is 1. The molecule has 1 fully saturated rings. The highest BCUT2D eigenvalue weighted by Gasteiger charge is 2.23. The van der Waals surface area contributed by atoms with Crippen molar-refractivity contribution in [1.82, 2.24) is 19.9 Å². The Bertz CT molecular complexity index is 1500. The number of halogens is 2. The summed E-state index contributed by atoms with van der Waals surface area (Å²) in [5, 5.41) is 6.30. The lowest BCUT2D eigenvalue weighted by Gasteiger charge is -2.18. The molecule has 0 bridgehead atoms. The van der Waals surface area contributed by atoms with E-state index in [2.05, 4.69) is 37.1 Å². The molecular weight excluding hydrogens is 478 g/mol. The predicted molar refractivity (Wildman–Crippen MR) is 138 cm³/mol. The molecule has 1 amide bonds. The third-order valence-corrected chi connectivity index (χ3v) is 6.05. The molecule has 5 rings (SSSR count). The van der Waals surface area contributed by atoms with Gasteiger partial charge in [-0.25, -0.2) is 18.7 Å². The number of carbonyl (C=O) groups is 1. The molecule has 37 heavy (non-hydrogen) atoms. The van der Waals surface area contributed by atoms with Gasteiger partial charge < -0.3 is 20.3 Å². The van der Waals surface area contributed by atoms with Crippen LogP contribution in [0.2, 0.25) is 0 Å². The maximum Gasteiger partial charge on any atom is 0.283 e. The summed E-state index contributed by atoms with van der Waals surface area (Å²) < 4.78 is 34.0. The summed E-state index contributed by atoms with van der Waals surface area (Å²) in [6.45, 7) is 4.69. The minimum atomic E-state index is -1.12. The van der Waals surface area contributed by atoms with Crippen molar-refractivity contribution in [2.45, 2.75) is 12.5 Å². The quantitative estimate of drug-likeness (QED) is 0.341. The second-order valence-electron chi connectivity index (χ2n) is 8.77. The topological polar surface area (TPSA) is 92.3 Å². The number of likely N-dealkylation sites (tertiary alicyclic amines) is 1. The van der Waals surface area contributed by atoms with Gasteiger partial charge in [-0.2, -0.15) is 0 Å². The van der Waals surface area contributed by atoms with Crippen LogP contribution in [0.5, 0.6) is 5.75 Å². The molecule has 4 aromatic rings. The van der Waals surface area contributed by atoms with Gasteiger partial charge in [0, 0.05) is 42.0 Å². The zero-order valence-electron chi connectivity index (χ0n) is 20.0. The van der Waals surface area contributed by atoms with E-state index in [1.165, 1.54) is 12.4 Å². The zero-order valence-corrected chi connectivity index (χ0v) is 20.0. The summed E-state index contributed by atoms with van der Waals surface area (Å²) in [7, 11) is 2.00. The molecule has 1 aliphatic heterocycles. The van der Waals surface area contributed by atoms with E-state index in [1.807, 2.05) is 7.05 Å². The fraction of sp³-hybridized carbons (Fsp3) is 0.185. The van der Waals surface area contributed by atoms with Crippen molar-refractivity contribution < 1.29 is 18.3 Å². The maximum atomic E-state index is 14.3. The van der Waals surface area contributed by atoms with Gasteiger partial charge in [0.25, 0.3) is 5.91 Å². The monoisotopic (exact) mass is 502 g/mol. The van der Waals surface area contributed by atoms with Gasteiger partial charge in [-0.15, -0.1) is 0 Å². The lowest BCUT2D eigenvalue weighted by atomic mass is 10.1. The number of rotatable bonds is 7. The molecule has 2 aromatic heterocycles. The van der Waals surface area contributed by atoms with Crippen molar-refractivity contribution in [2.75, 3.05) is 30.8 Å². The van der Waals surface area contributed by atoms with Gasteiger partial charge in [-0.05, 0) is 43.8 Å². The first-order valence-electron chi connectivity index (χ1n) is 11.6. The SMILES string of the molecule is C=C(F)C(=O)Nc1cc2c(Nc3ccnc(-c4ccccc4F)c3)ncnc2cc1O[C@@H]1CCN(C)C1. The fourth-order valence-electron chi connectivity index (χ4n) is 4.20. The molecule has 188 valence electrons. The van der Waals surface area contributed by atoms with Crippen LogP contribution in [-0.2, 0) is 4.79 Å². The van der Waals surface area contributed by atoms with E-state index >= 15 is 0 Å². The Labute approximate surface area is 212 Å². The van der Waals surface area contributed by atoms with Crippen LogP contribution in [0.25, 0.3) is 22.2 Å². The van der Waals surface area contributed by atoms with Gasteiger partial charge in [0.2, 0.25) is 0 Å². The number of nitrogens with zero attached hydrogens (tertiary/aromatic N) is 4. The average molecular weight is 503 g/mol. The highest BCUT2D eigenvalue weighted by molar-refractivity contribution is 6.05. The molecule has 0 radical (unpaired) electrons. The first kappa shape index (κ1) is 24.3. The second-order valence-corrected chi connectivity index (χ2v) is 8.77. The maximum absolute atomic E-state index is 14.3.